The molecular formula is C19H25ClN2O2S. The number of benzene rings is 1. The molecule has 25 heavy (non-hydrogen) atoms. The Morgan fingerprint density at radius 1 is 1.12 bits per heavy atom. The van der Waals surface area contributed by atoms with Crippen molar-refractivity contribution in [2.75, 3.05) is 39.3 Å². The topological polar surface area (TPSA) is 35.9 Å². The molecule has 136 valence electrons. The fraction of sp³-hybridized carbons (Fsp3) is 0.474. The van der Waals surface area contributed by atoms with E-state index < -0.39 is 6.10 Å². The van der Waals surface area contributed by atoms with Crippen LogP contribution >= 0.6 is 22.9 Å². The van der Waals surface area contributed by atoms with Crippen molar-refractivity contribution in [2.24, 2.45) is 0 Å². The summed E-state index contributed by atoms with van der Waals surface area (Å²) >= 11 is 7.73. The van der Waals surface area contributed by atoms with Crippen molar-refractivity contribution >= 4 is 22.9 Å². The molecule has 1 fully saturated rings. The number of aliphatic hydroxyl groups excluding tert-OH is 1. The van der Waals surface area contributed by atoms with E-state index in [1.165, 1.54) is 10.4 Å². The van der Waals surface area contributed by atoms with Gasteiger partial charge in [0, 0.05) is 49.2 Å². The van der Waals surface area contributed by atoms with Gasteiger partial charge in [0.05, 0.1) is 19.3 Å². The molecule has 0 saturated carbocycles. The van der Waals surface area contributed by atoms with Crippen molar-refractivity contribution in [1.29, 1.82) is 0 Å². The highest BCUT2D eigenvalue weighted by molar-refractivity contribution is 7.09. The molecule has 1 N–H and O–H groups in total. The lowest BCUT2D eigenvalue weighted by atomic mass is 10.2. The summed E-state index contributed by atoms with van der Waals surface area (Å²) in [5, 5.41) is 13.0. The average molecular weight is 381 g/mol. The van der Waals surface area contributed by atoms with Gasteiger partial charge in [-0.2, -0.15) is 0 Å². The van der Waals surface area contributed by atoms with Crippen LogP contribution in [0.25, 0.3) is 0 Å². The van der Waals surface area contributed by atoms with Crippen LogP contribution in [0.15, 0.2) is 41.8 Å². The van der Waals surface area contributed by atoms with Crippen LogP contribution in [-0.2, 0) is 17.9 Å². The molecule has 1 saturated heterocycles. The van der Waals surface area contributed by atoms with Crippen molar-refractivity contribution in [3.63, 3.8) is 0 Å². The molecule has 1 unspecified atom stereocenters. The van der Waals surface area contributed by atoms with Crippen LogP contribution in [0.5, 0.6) is 0 Å². The van der Waals surface area contributed by atoms with Gasteiger partial charge >= 0.3 is 0 Å². The molecule has 3 rings (SSSR count). The molecule has 6 heteroatoms. The van der Waals surface area contributed by atoms with Gasteiger partial charge in [-0.1, -0.05) is 29.8 Å². The summed E-state index contributed by atoms with van der Waals surface area (Å²) in [6.07, 6.45) is -0.431. The Morgan fingerprint density at radius 2 is 1.92 bits per heavy atom. The van der Waals surface area contributed by atoms with E-state index in [-0.39, 0.29) is 0 Å². The summed E-state index contributed by atoms with van der Waals surface area (Å²) in [5.74, 6) is 0. The highest BCUT2D eigenvalue weighted by Crippen LogP contribution is 2.14. The minimum Gasteiger partial charge on any atom is -0.389 e. The van der Waals surface area contributed by atoms with Gasteiger partial charge in [0.25, 0.3) is 0 Å². The zero-order valence-corrected chi connectivity index (χ0v) is 15.9. The molecule has 4 nitrogen and oxygen atoms in total. The SMILES string of the molecule is OC(COCc1cccs1)CN1CCN(Cc2cccc(Cl)c2)CC1. The van der Waals surface area contributed by atoms with Gasteiger partial charge in [-0.25, -0.2) is 0 Å². The first-order valence-corrected chi connectivity index (χ1v) is 9.92. The van der Waals surface area contributed by atoms with E-state index >= 15 is 0 Å². The Morgan fingerprint density at radius 3 is 2.64 bits per heavy atom. The molecular weight excluding hydrogens is 356 g/mol. The van der Waals surface area contributed by atoms with Crippen LogP contribution in [0.2, 0.25) is 5.02 Å². The normalized spacial score (nSPS) is 17.7. The summed E-state index contributed by atoms with van der Waals surface area (Å²) in [6, 6.07) is 12.1. The molecule has 0 aliphatic carbocycles. The molecule has 1 aliphatic heterocycles. The lowest BCUT2D eigenvalue weighted by Gasteiger charge is -2.35. The molecule has 1 aromatic carbocycles. The molecule has 0 bridgehead atoms. The van der Waals surface area contributed by atoms with Crippen LogP contribution in [-0.4, -0.2) is 60.3 Å². The van der Waals surface area contributed by atoms with E-state index in [2.05, 4.69) is 21.9 Å². The molecule has 1 atom stereocenters. The maximum atomic E-state index is 10.2. The maximum absolute atomic E-state index is 10.2. The first-order chi connectivity index (χ1) is 12.2. The highest BCUT2D eigenvalue weighted by atomic mass is 35.5. The summed E-state index contributed by atoms with van der Waals surface area (Å²) in [6.45, 7) is 6.55. The molecule has 2 aromatic rings. The number of piperazine rings is 1. The van der Waals surface area contributed by atoms with Gasteiger partial charge < -0.3 is 9.84 Å². The Labute approximate surface area is 158 Å². The number of aliphatic hydroxyl groups is 1. The van der Waals surface area contributed by atoms with Gasteiger partial charge in [-0.15, -0.1) is 11.3 Å². The molecule has 1 aromatic heterocycles. The van der Waals surface area contributed by atoms with Gasteiger partial charge in [0.1, 0.15) is 0 Å². The van der Waals surface area contributed by atoms with Gasteiger partial charge in [-0.3, -0.25) is 9.80 Å². The van der Waals surface area contributed by atoms with Crippen LogP contribution in [0, 0.1) is 0 Å². The smallest absolute Gasteiger partial charge is 0.0900 e. The van der Waals surface area contributed by atoms with E-state index in [0.717, 1.165) is 37.7 Å². The number of ether oxygens (including phenoxy) is 1. The van der Waals surface area contributed by atoms with Gasteiger partial charge in [0.15, 0.2) is 0 Å². The van der Waals surface area contributed by atoms with E-state index in [1.807, 2.05) is 29.6 Å². The number of hydrogen-bond acceptors (Lipinski definition) is 5. The molecule has 0 spiro atoms. The third-order valence-corrected chi connectivity index (χ3v) is 5.45. The van der Waals surface area contributed by atoms with Crippen molar-refractivity contribution in [2.45, 2.75) is 19.3 Å². The first kappa shape index (κ1) is 18.8. The Kier molecular flexibility index (Phi) is 7.28. The summed E-state index contributed by atoms with van der Waals surface area (Å²) in [4.78, 5) is 5.94. The number of nitrogens with zero attached hydrogens (tertiary/aromatic N) is 2. The van der Waals surface area contributed by atoms with Crippen LogP contribution in [0.1, 0.15) is 10.4 Å². The summed E-state index contributed by atoms with van der Waals surface area (Å²) in [7, 11) is 0. The quantitative estimate of drug-likeness (QED) is 0.763. The Hall–Kier alpha value is -0.950. The number of rotatable bonds is 8. The fourth-order valence-corrected chi connectivity index (χ4v) is 3.92. The molecule has 2 heterocycles. The fourth-order valence-electron chi connectivity index (χ4n) is 3.06. The highest BCUT2D eigenvalue weighted by Gasteiger charge is 2.19. The van der Waals surface area contributed by atoms with E-state index in [9.17, 15) is 5.11 Å². The molecule has 1 aliphatic rings. The minimum absolute atomic E-state index is 0.390. The third-order valence-electron chi connectivity index (χ3n) is 4.36. The average Bonchev–Trinajstić information content (AvgIpc) is 3.10. The Bertz CT molecular complexity index is 630. The predicted octanol–water partition coefficient (Wildman–Crippen LogP) is 3.10. The zero-order chi connectivity index (χ0) is 17.5. The van der Waals surface area contributed by atoms with Crippen molar-refractivity contribution in [1.82, 2.24) is 9.80 Å². The molecule has 0 amide bonds. The zero-order valence-electron chi connectivity index (χ0n) is 14.3. The van der Waals surface area contributed by atoms with E-state index in [0.29, 0.717) is 19.8 Å². The number of hydrogen-bond donors (Lipinski definition) is 1. The van der Waals surface area contributed by atoms with Crippen molar-refractivity contribution in [3.8, 4) is 0 Å². The predicted molar refractivity (Wildman–Crippen MR) is 103 cm³/mol. The maximum Gasteiger partial charge on any atom is 0.0900 e. The molecule has 0 radical (unpaired) electrons. The van der Waals surface area contributed by atoms with Crippen molar-refractivity contribution in [3.05, 3.63) is 57.2 Å². The monoisotopic (exact) mass is 380 g/mol. The largest absolute Gasteiger partial charge is 0.389 e. The number of thiophene rings is 1. The second-order valence-corrected chi connectivity index (χ2v) is 7.92. The Balaban J connectivity index is 1.33. The van der Waals surface area contributed by atoms with Crippen LogP contribution in [0.4, 0.5) is 0 Å². The second kappa shape index (κ2) is 9.67. The number of β-amino-alcohol motifs (C(OH)–C–C–N with tert-alkyl or cyclic N) is 1. The third kappa shape index (κ3) is 6.37. The van der Waals surface area contributed by atoms with E-state index in [1.54, 1.807) is 11.3 Å². The van der Waals surface area contributed by atoms with Crippen LogP contribution < -0.4 is 0 Å². The van der Waals surface area contributed by atoms with Crippen LogP contribution in [0.3, 0.4) is 0 Å². The first-order valence-electron chi connectivity index (χ1n) is 8.66. The lowest BCUT2D eigenvalue weighted by molar-refractivity contribution is 0.00153. The van der Waals surface area contributed by atoms with E-state index in [4.69, 9.17) is 16.3 Å². The summed E-state index contributed by atoms with van der Waals surface area (Å²) < 4.78 is 5.60. The summed E-state index contributed by atoms with van der Waals surface area (Å²) in [5.41, 5.74) is 1.25. The second-order valence-electron chi connectivity index (χ2n) is 6.45. The standard InChI is InChI=1S/C19H25ClN2O2S/c20-17-4-1-3-16(11-17)12-21-6-8-22(9-7-21)13-18(23)14-24-15-19-5-2-10-25-19/h1-5,10-11,18,23H,6-9,12-15H2. The van der Waals surface area contributed by atoms with Crippen molar-refractivity contribution < 1.29 is 9.84 Å². The van der Waals surface area contributed by atoms with Gasteiger partial charge in [-0.05, 0) is 29.1 Å². The number of halogens is 1. The van der Waals surface area contributed by atoms with Gasteiger partial charge in [0.2, 0.25) is 0 Å². The lowest BCUT2D eigenvalue weighted by Crippen LogP contribution is -2.48. The minimum atomic E-state index is -0.431.